The van der Waals surface area contributed by atoms with Crippen LogP contribution in [0.4, 0.5) is 0 Å². The zero-order valence-corrected chi connectivity index (χ0v) is 19.3. The molecular weight excluding hydrogens is 426 g/mol. The summed E-state index contributed by atoms with van der Waals surface area (Å²) < 4.78 is 0. The van der Waals surface area contributed by atoms with Gasteiger partial charge in [0.2, 0.25) is 0 Å². The van der Waals surface area contributed by atoms with Gasteiger partial charge in [-0.05, 0) is 53.0 Å². The molecular formula is C22H26Cl2Zr. The van der Waals surface area contributed by atoms with Gasteiger partial charge in [0.15, 0.2) is 0 Å². The average molecular weight is 453 g/mol. The molecule has 0 bridgehead atoms. The fraction of sp³-hybridized carbons (Fsp3) is 0.364. The van der Waals surface area contributed by atoms with E-state index >= 15 is 0 Å². The Morgan fingerprint density at radius 3 is 2.32 bits per heavy atom. The molecule has 0 spiro atoms. The molecule has 0 radical (unpaired) electrons. The van der Waals surface area contributed by atoms with Gasteiger partial charge in [-0.25, -0.2) is 0 Å². The standard InChI is InChI=1S/C22H26.2ClH.Zr/c1-4-7-17-14-20-8-6-9-21(22(20)15-17)19-12-10-18(11-13-19)16(3)5-2;;;/h6,8-13,15-16H,4-5,7,14H2,1-3H3;2*1H;/q;;;+2/p-2. The Bertz CT molecular complexity index is 704. The number of fused-ring (bicyclic) bond motifs is 1. The molecule has 2 aromatic carbocycles. The Kier molecular flexibility index (Phi) is 8.97. The Morgan fingerprint density at radius 1 is 1.04 bits per heavy atom. The predicted molar refractivity (Wildman–Crippen MR) is 109 cm³/mol. The van der Waals surface area contributed by atoms with Crippen molar-refractivity contribution in [3.63, 3.8) is 0 Å². The van der Waals surface area contributed by atoms with Crippen LogP contribution < -0.4 is 0 Å². The van der Waals surface area contributed by atoms with E-state index in [0.717, 1.165) is 6.42 Å². The van der Waals surface area contributed by atoms with Crippen LogP contribution in [0.15, 0.2) is 48.0 Å². The molecule has 3 heteroatoms. The van der Waals surface area contributed by atoms with Gasteiger partial charge in [0, 0.05) is 0 Å². The summed E-state index contributed by atoms with van der Waals surface area (Å²) in [5.74, 6) is 0.645. The van der Waals surface area contributed by atoms with Crippen LogP contribution in [0.25, 0.3) is 17.2 Å². The van der Waals surface area contributed by atoms with Crippen molar-refractivity contribution in [3.8, 4) is 11.1 Å². The van der Waals surface area contributed by atoms with Crippen molar-refractivity contribution in [3.05, 3.63) is 64.7 Å². The zero-order chi connectivity index (χ0) is 18.2. The summed E-state index contributed by atoms with van der Waals surface area (Å²) in [4.78, 5) is 0. The van der Waals surface area contributed by atoms with Crippen molar-refractivity contribution >= 4 is 23.1 Å². The summed E-state index contributed by atoms with van der Waals surface area (Å²) in [5.41, 5.74) is 8.70. The molecule has 0 saturated carbocycles. The van der Waals surface area contributed by atoms with Gasteiger partial charge in [0.1, 0.15) is 0 Å². The summed E-state index contributed by atoms with van der Waals surface area (Å²) in [6, 6.07) is 15.9. The van der Waals surface area contributed by atoms with E-state index in [1.807, 2.05) is 0 Å². The summed E-state index contributed by atoms with van der Waals surface area (Å²) in [7, 11) is 9.87. The van der Waals surface area contributed by atoms with Gasteiger partial charge in [-0.3, -0.25) is 0 Å². The molecule has 1 unspecified atom stereocenters. The molecule has 25 heavy (non-hydrogen) atoms. The van der Waals surface area contributed by atoms with Gasteiger partial charge in [-0.15, -0.1) is 0 Å². The molecule has 1 aliphatic rings. The van der Waals surface area contributed by atoms with Crippen molar-refractivity contribution in [2.24, 2.45) is 0 Å². The van der Waals surface area contributed by atoms with Gasteiger partial charge < -0.3 is 0 Å². The van der Waals surface area contributed by atoms with Crippen LogP contribution in [0, 0.1) is 0 Å². The first-order valence-electron chi connectivity index (χ1n) is 9.02. The van der Waals surface area contributed by atoms with Crippen LogP contribution >= 0.6 is 17.0 Å². The number of rotatable bonds is 5. The molecule has 2 aromatic rings. The molecule has 1 aliphatic carbocycles. The number of hydrogen-bond acceptors (Lipinski definition) is 0. The van der Waals surface area contributed by atoms with Crippen molar-refractivity contribution in [2.75, 3.05) is 0 Å². The second-order valence-corrected chi connectivity index (χ2v) is 10.3. The molecule has 0 aliphatic heterocycles. The molecule has 0 fully saturated rings. The summed E-state index contributed by atoms with van der Waals surface area (Å²) in [5, 5.41) is 0. The Morgan fingerprint density at radius 2 is 1.72 bits per heavy atom. The summed E-state index contributed by atoms with van der Waals surface area (Å²) >= 11 is -0.826. The molecule has 0 saturated heterocycles. The molecule has 3 rings (SSSR count). The number of allylic oxidation sites excluding steroid dienone is 1. The third-order valence-electron chi connectivity index (χ3n) is 4.94. The van der Waals surface area contributed by atoms with Crippen LogP contribution in [0.5, 0.6) is 0 Å². The first-order chi connectivity index (χ1) is 12.1. The zero-order valence-electron chi connectivity index (χ0n) is 15.3. The van der Waals surface area contributed by atoms with E-state index in [-0.39, 0.29) is 0 Å². The van der Waals surface area contributed by atoms with Gasteiger partial charge in [0.25, 0.3) is 0 Å². The molecule has 1 atom stereocenters. The van der Waals surface area contributed by atoms with E-state index in [4.69, 9.17) is 17.0 Å². The van der Waals surface area contributed by atoms with Crippen molar-refractivity contribution in [1.82, 2.24) is 0 Å². The molecule has 0 aromatic heterocycles. The van der Waals surface area contributed by atoms with E-state index in [9.17, 15) is 0 Å². The normalized spacial score (nSPS) is 13.4. The van der Waals surface area contributed by atoms with E-state index in [1.54, 1.807) is 5.57 Å². The topological polar surface area (TPSA) is 0 Å². The summed E-state index contributed by atoms with van der Waals surface area (Å²) in [6.45, 7) is 6.82. The van der Waals surface area contributed by atoms with Gasteiger partial charge in [0.05, 0.1) is 0 Å². The number of hydrogen-bond donors (Lipinski definition) is 0. The maximum absolute atomic E-state index is 4.93. The fourth-order valence-electron chi connectivity index (χ4n) is 3.40. The molecule has 0 heterocycles. The molecule has 0 N–H and O–H groups in total. The van der Waals surface area contributed by atoms with E-state index in [2.05, 4.69) is 69.3 Å². The van der Waals surface area contributed by atoms with Crippen molar-refractivity contribution in [1.29, 1.82) is 0 Å². The first kappa shape index (κ1) is 20.9. The monoisotopic (exact) mass is 450 g/mol. The van der Waals surface area contributed by atoms with Crippen molar-refractivity contribution < 1.29 is 20.8 Å². The minimum absolute atomic E-state index is 0.645. The van der Waals surface area contributed by atoms with Crippen molar-refractivity contribution in [2.45, 2.75) is 52.4 Å². The average Bonchev–Trinajstić information content (AvgIpc) is 3.05. The molecule has 0 amide bonds. The number of halogens is 2. The van der Waals surface area contributed by atoms with Gasteiger partial charge >= 0.3 is 37.9 Å². The van der Waals surface area contributed by atoms with Gasteiger partial charge in [-0.2, -0.15) is 0 Å². The third-order valence-corrected chi connectivity index (χ3v) is 4.94. The Labute approximate surface area is 171 Å². The maximum atomic E-state index is 4.93. The van der Waals surface area contributed by atoms with E-state index in [0.29, 0.717) is 5.92 Å². The SMILES string of the molecule is CCCC1=Cc2c(cccc2-c2ccc(C(C)CC)cc2)C1.[Cl][Zr][Cl]. The second-order valence-electron chi connectivity index (χ2n) is 6.61. The quantitative estimate of drug-likeness (QED) is 0.431. The molecule has 132 valence electrons. The summed E-state index contributed by atoms with van der Waals surface area (Å²) in [6.07, 6.45) is 7.22. The van der Waals surface area contributed by atoms with E-state index < -0.39 is 20.8 Å². The third kappa shape index (κ3) is 5.56. The predicted octanol–water partition coefficient (Wildman–Crippen LogP) is 7.98. The van der Waals surface area contributed by atoms with Gasteiger partial charge in [-0.1, -0.05) is 81.3 Å². The minimum atomic E-state index is -0.826. The van der Waals surface area contributed by atoms with E-state index in [1.165, 1.54) is 47.1 Å². The fourth-order valence-corrected chi connectivity index (χ4v) is 3.40. The first-order valence-corrected chi connectivity index (χ1v) is 15.4. The van der Waals surface area contributed by atoms with Crippen LogP contribution in [-0.2, 0) is 27.3 Å². The van der Waals surface area contributed by atoms with Crippen LogP contribution in [0.1, 0.15) is 62.6 Å². The molecule has 0 nitrogen and oxygen atoms in total. The second kappa shape index (κ2) is 10.7. The Hall–Kier alpha value is -0.357. The van der Waals surface area contributed by atoms with Crippen LogP contribution in [-0.4, -0.2) is 0 Å². The Balaban J connectivity index is 0.000000701. The van der Waals surface area contributed by atoms with Crippen LogP contribution in [0.2, 0.25) is 0 Å². The number of benzene rings is 2. The van der Waals surface area contributed by atoms with Crippen LogP contribution in [0.3, 0.4) is 0 Å².